The highest BCUT2D eigenvalue weighted by Gasteiger charge is 2.52. The van der Waals surface area contributed by atoms with Gasteiger partial charge in [-0.3, -0.25) is 4.79 Å². The quantitative estimate of drug-likeness (QED) is 0.581. The van der Waals surface area contributed by atoms with Crippen LogP contribution < -0.4 is 0 Å². The van der Waals surface area contributed by atoms with Gasteiger partial charge in [-0.15, -0.1) is 0 Å². The minimum Gasteiger partial charge on any atom is -0.455 e. The molecule has 1 aromatic rings. The Kier molecular flexibility index (Phi) is 3.67. The van der Waals surface area contributed by atoms with E-state index in [-0.39, 0.29) is 17.0 Å². The number of amides is 1. The minimum absolute atomic E-state index is 0.0437. The van der Waals surface area contributed by atoms with E-state index in [1.54, 1.807) is 20.8 Å². The van der Waals surface area contributed by atoms with Crippen LogP contribution in [0.15, 0.2) is 34.9 Å². The molecule has 0 unspecified atom stereocenters. The first kappa shape index (κ1) is 16.2. The predicted molar refractivity (Wildman–Crippen MR) is 91.1 cm³/mol. The Morgan fingerprint density at radius 2 is 2.00 bits per heavy atom. The highest BCUT2D eigenvalue weighted by molar-refractivity contribution is 9.10. The molecule has 0 aromatic heterocycles. The molecule has 5 heteroatoms. The van der Waals surface area contributed by atoms with Crippen LogP contribution in [0.2, 0.25) is 0 Å². The highest BCUT2D eigenvalue weighted by atomic mass is 79.9. The van der Waals surface area contributed by atoms with E-state index < -0.39 is 11.6 Å². The zero-order valence-corrected chi connectivity index (χ0v) is 15.2. The molecule has 23 heavy (non-hydrogen) atoms. The summed E-state index contributed by atoms with van der Waals surface area (Å²) in [5, 5.41) is 0. The molecule has 1 spiro atoms. The summed E-state index contributed by atoms with van der Waals surface area (Å²) in [7, 11) is 0. The lowest BCUT2D eigenvalue weighted by Crippen LogP contribution is -2.45. The fourth-order valence-electron chi connectivity index (χ4n) is 2.99. The van der Waals surface area contributed by atoms with E-state index in [0.29, 0.717) is 12.1 Å². The molecule has 1 amide bonds. The van der Waals surface area contributed by atoms with Crippen molar-refractivity contribution in [2.24, 2.45) is 0 Å². The number of carbonyl (C=O) groups is 2. The minimum atomic E-state index is -0.612. The molecule has 1 fully saturated rings. The number of hydrogen-bond donors (Lipinski definition) is 0. The molecule has 0 N–H and O–H groups in total. The summed E-state index contributed by atoms with van der Waals surface area (Å²) in [5.74, 6) is -0.719. The lowest BCUT2D eigenvalue weighted by Gasteiger charge is -2.35. The number of halogens is 1. The van der Waals surface area contributed by atoms with Gasteiger partial charge in [-0.05, 0) is 57.4 Å². The Labute approximate surface area is 144 Å². The van der Waals surface area contributed by atoms with Gasteiger partial charge >= 0.3 is 5.97 Å². The molecule has 1 heterocycles. The molecule has 122 valence electrons. The van der Waals surface area contributed by atoms with E-state index in [1.807, 2.05) is 18.2 Å². The predicted octanol–water partition coefficient (Wildman–Crippen LogP) is 3.79. The highest BCUT2D eigenvalue weighted by Crippen LogP contribution is 2.53. The third kappa shape index (κ3) is 2.94. The topological polar surface area (TPSA) is 46.6 Å². The van der Waals surface area contributed by atoms with Crippen LogP contribution in [0, 0.1) is 0 Å². The number of rotatable bonds is 2. The zero-order valence-electron chi connectivity index (χ0n) is 13.6. The second kappa shape index (κ2) is 5.20. The summed E-state index contributed by atoms with van der Waals surface area (Å²) in [6.07, 6.45) is 2.03. The average molecular weight is 378 g/mol. The maximum atomic E-state index is 12.8. The molecule has 1 aliphatic heterocycles. The monoisotopic (exact) mass is 377 g/mol. The number of esters is 1. The van der Waals surface area contributed by atoms with Gasteiger partial charge in [0.25, 0.3) is 5.91 Å². The molecular formula is C18H20BrNO3. The van der Waals surface area contributed by atoms with Gasteiger partial charge in [-0.25, -0.2) is 4.79 Å². The van der Waals surface area contributed by atoms with Crippen molar-refractivity contribution < 1.29 is 14.3 Å². The maximum Gasteiger partial charge on any atom is 0.354 e. The number of ether oxygens (including phenoxy) is 1. The largest absolute Gasteiger partial charge is 0.455 e. The van der Waals surface area contributed by atoms with Crippen LogP contribution in [0.4, 0.5) is 0 Å². The van der Waals surface area contributed by atoms with E-state index in [2.05, 4.69) is 22.5 Å². The molecule has 4 nitrogen and oxygen atoms in total. The van der Waals surface area contributed by atoms with Crippen molar-refractivity contribution in [3.63, 3.8) is 0 Å². The fraction of sp³-hybridized carbons (Fsp3) is 0.444. The third-order valence-corrected chi connectivity index (χ3v) is 4.80. The van der Waals surface area contributed by atoms with Gasteiger partial charge in [0.2, 0.25) is 0 Å². The number of hydrogen-bond acceptors (Lipinski definition) is 3. The number of fused-ring (bicyclic) bond motifs is 2. The SMILES string of the molecule is C=C(C(=O)OC(C)(C)C)N1CC2(CC2)c2cc(Br)ccc2C1=O. The van der Waals surface area contributed by atoms with E-state index in [0.717, 1.165) is 22.9 Å². The Morgan fingerprint density at radius 1 is 1.35 bits per heavy atom. The first-order valence-corrected chi connectivity index (χ1v) is 8.46. The van der Waals surface area contributed by atoms with Crippen LogP contribution in [-0.2, 0) is 14.9 Å². The average Bonchev–Trinajstić information content (AvgIpc) is 3.21. The standard InChI is InChI=1S/C18H20BrNO3/c1-11(16(22)23-17(2,3)4)20-10-18(7-8-18)14-9-12(19)5-6-13(14)15(20)21/h5-6,9H,1,7-8,10H2,2-4H3. The summed E-state index contributed by atoms with van der Waals surface area (Å²) >= 11 is 3.47. The van der Waals surface area contributed by atoms with Crippen molar-refractivity contribution in [2.45, 2.75) is 44.6 Å². The summed E-state index contributed by atoms with van der Waals surface area (Å²) < 4.78 is 6.32. The second-order valence-electron chi connectivity index (χ2n) is 7.31. The van der Waals surface area contributed by atoms with E-state index in [9.17, 15) is 9.59 Å². The molecule has 1 aromatic carbocycles. The Morgan fingerprint density at radius 3 is 2.57 bits per heavy atom. The van der Waals surface area contributed by atoms with Gasteiger partial charge in [0.15, 0.2) is 0 Å². The van der Waals surface area contributed by atoms with Crippen molar-refractivity contribution in [1.82, 2.24) is 4.90 Å². The lowest BCUT2D eigenvalue weighted by molar-refractivity contribution is -0.151. The van der Waals surface area contributed by atoms with Gasteiger partial charge in [-0.2, -0.15) is 0 Å². The molecule has 1 saturated carbocycles. The summed E-state index contributed by atoms with van der Waals surface area (Å²) in [5.41, 5.74) is 1.19. The molecule has 1 aliphatic carbocycles. The number of benzene rings is 1. The molecule has 0 bridgehead atoms. The van der Waals surface area contributed by atoms with E-state index in [4.69, 9.17) is 4.74 Å². The fourth-order valence-corrected chi connectivity index (χ4v) is 3.35. The molecule has 0 saturated heterocycles. The summed E-state index contributed by atoms with van der Waals surface area (Å²) in [6.45, 7) is 9.70. The van der Waals surface area contributed by atoms with E-state index >= 15 is 0 Å². The van der Waals surface area contributed by atoms with Crippen LogP contribution >= 0.6 is 15.9 Å². The summed E-state index contributed by atoms with van der Waals surface area (Å²) in [4.78, 5) is 26.6. The Balaban J connectivity index is 1.92. The van der Waals surface area contributed by atoms with Gasteiger partial charge in [-0.1, -0.05) is 22.5 Å². The lowest BCUT2D eigenvalue weighted by atomic mass is 9.86. The molecule has 2 aliphatic rings. The van der Waals surface area contributed by atoms with Crippen LogP contribution in [0.3, 0.4) is 0 Å². The van der Waals surface area contributed by atoms with Gasteiger partial charge in [0, 0.05) is 22.0 Å². The smallest absolute Gasteiger partial charge is 0.354 e. The van der Waals surface area contributed by atoms with Crippen molar-refractivity contribution in [3.05, 3.63) is 46.1 Å². The zero-order chi connectivity index (χ0) is 17.0. The molecule has 3 rings (SSSR count). The maximum absolute atomic E-state index is 12.8. The Hall–Kier alpha value is -1.62. The second-order valence-corrected chi connectivity index (χ2v) is 8.23. The van der Waals surface area contributed by atoms with Gasteiger partial charge in [0.1, 0.15) is 11.3 Å². The first-order chi connectivity index (χ1) is 10.6. The van der Waals surface area contributed by atoms with Crippen LogP contribution in [-0.4, -0.2) is 28.9 Å². The first-order valence-electron chi connectivity index (χ1n) is 7.67. The number of carbonyl (C=O) groups excluding carboxylic acids is 2. The normalized spacial score (nSPS) is 18.6. The van der Waals surface area contributed by atoms with Gasteiger partial charge in [0.05, 0.1) is 0 Å². The van der Waals surface area contributed by atoms with Crippen LogP contribution in [0.25, 0.3) is 0 Å². The summed E-state index contributed by atoms with van der Waals surface area (Å²) in [6, 6.07) is 5.69. The third-order valence-electron chi connectivity index (χ3n) is 4.30. The van der Waals surface area contributed by atoms with Crippen molar-refractivity contribution >= 4 is 27.8 Å². The molecule has 0 radical (unpaired) electrons. The Bertz CT molecular complexity index is 713. The van der Waals surface area contributed by atoms with Crippen LogP contribution in [0.1, 0.15) is 49.5 Å². The molecule has 0 atom stereocenters. The van der Waals surface area contributed by atoms with Crippen molar-refractivity contribution in [1.29, 1.82) is 0 Å². The van der Waals surface area contributed by atoms with Gasteiger partial charge < -0.3 is 9.64 Å². The number of nitrogens with zero attached hydrogens (tertiary/aromatic N) is 1. The van der Waals surface area contributed by atoms with Crippen molar-refractivity contribution in [3.8, 4) is 0 Å². The van der Waals surface area contributed by atoms with Crippen molar-refractivity contribution in [2.75, 3.05) is 6.54 Å². The van der Waals surface area contributed by atoms with E-state index in [1.165, 1.54) is 4.90 Å². The van der Waals surface area contributed by atoms with Crippen LogP contribution in [0.5, 0.6) is 0 Å². The molecular weight excluding hydrogens is 358 g/mol.